The lowest BCUT2D eigenvalue weighted by Crippen LogP contribution is -2.11. The molecule has 0 amide bonds. The second-order valence-electron chi connectivity index (χ2n) is 3.73. The highest BCUT2D eigenvalue weighted by Crippen LogP contribution is 2.20. The van der Waals surface area contributed by atoms with E-state index in [9.17, 15) is 0 Å². The Morgan fingerprint density at radius 2 is 1.75 bits per heavy atom. The highest BCUT2D eigenvalue weighted by molar-refractivity contribution is 5.85. The largest absolute Gasteiger partial charge is 0.396 e. The van der Waals surface area contributed by atoms with Crippen molar-refractivity contribution in [1.29, 1.82) is 0 Å². The van der Waals surface area contributed by atoms with Gasteiger partial charge in [0.25, 0.3) is 0 Å². The molecule has 0 aliphatic rings. The van der Waals surface area contributed by atoms with Crippen LogP contribution in [0.4, 0.5) is 0 Å². The van der Waals surface area contributed by atoms with Gasteiger partial charge in [0.05, 0.1) is 0 Å². The quantitative estimate of drug-likeness (QED) is 0.862. The van der Waals surface area contributed by atoms with E-state index in [0.29, 0.717) is 6.42 Å². The van der Waals surface area contributed by atoms with Gasteiger partial charge in [0, 0.05) is 12.6 Å². The molecule has 0 fully saturated rings. The van der Waals surface area contributed by atoms with Crippen LogP contribution in [0.5, 0.6) is 0 Å². The van der Waals surface area contributed by atoms with E-state index in [-0.39, 0.29) is 25.1 Å². The van der Waals surface area contributed by atoms with Crippen LogP contribution in [0.1, 0.15) is 18.0 Å². The second-order valence-corrected chi connectivity index (χ2v) is 3.73. The van der Waals surface area contributed by atoms with E-state index in [1.807, 2.05) is 18.2 Å². The number of hydrogen-bond acceptors (Lipinski definition) is 2. The Morgan fingerprint density at radius 3 is 2.44 bits per heavy atom. The first-order chi connectivity index (χ1) is 7.31. The predicted octanol–water partition coefficient (Wildman–Crippen LogP) is 2.64. The van der Waals surface area contributed by atoms with E-state index in [1.165, 1.54) is 10.8 Å². The Morgan fingerprint density at radius 1 is 1.06 bits per heavy atom. The fourth-order valence-corrected chi connectivity index (χ4v) is 1.74. The Kier molecular flexibility index (Phi) is 4.74. The molecule has 2 aromatic carbocycles. The predicted molar refractivity (Wildman–Crippen MR) is 69.8 cm³/mol. The van der Waals surface area contributed by atoms with Gasteiger partial charge in [0.2, 0.25) is 0 Å². The Balaban J connectivity index is 0.00000128. The average molecular weight is 238 g/mol. The molecule has 0 aliphatic heterocycles. The van der Waals surface area contributed by atoms with Crippen molar-refractivity contribution < 1.29 is 5.11 Å². The van der Waals surface area contributed by atoms with Crippen molar-refractivity contribution >= 4 is 23.2 Å². The number of aliphatic hydroxyl groups excluding tert-OH is 1. The van der Waals surface area contributed by atoms with Crippen molar-refractivity contribution in [3.63, 3.8) is 0 Å². The van der Waals surface area contributed by atoms with Gasteiger partial charge in [-0.15, -0.1) is 12.4 Å². The van der Waals surface area contributed by atoms with E-state index >= 15 is 0 Å². The first-order valence-electron chi connectivity index (χ1n) is 5.16. The van der Waals surface area contributed by atoms with E-state index in [0.717, 1.165) is 5.56 Å². The maximum atomic E-state index is 8.83. The summed E-state index contributed by atoms with van der Waals surface area (Å²) in [4.78, 5) is 0. The summed E-state index contributed by atoms with van der Waals surface area (Å²) in [5.74, 6) is 0. The van der Waals surface area contributed by atoms with Crippen LogP contribution in [0.3, 0.4) is 0 Å². The van der Waals surface area contributed by atoms with Crippen molar-refractivity contribution in [2.75, 3.05) is 6.61 Å². The summed E-state index contributed by atoms with van der Waals surface area (Å²) in [6.45, 7) is 0.133. The molecule has 3 heteroatoms. The number of rotatable bonds is 3. The van der Waals surface area contributed by atoms with E-state index in [1.54, 1.807) is 0 Å². The summed E-state index contributed by atoms with van der Waals surface area (Å²) in [7, 11) is 0. The van der Waals surface area contributed by atoms with Crippen molar-refractivity contribution in [2.45, 2.75) is 12.5 Å². The summed E-state index contributed by atoms with van der Waals surface area (Å²) in [5, 5.41) is 11.2. The zero-order valence-corrected chi connectivity index (χ0v) is 9.78. The summed E-state index contributed by atoms with van der Waals surface area (Å²) in [6, 6.07) is 14.3. The number of aliphatic hydroxyl groups is 1. The molecule has 0 heterocycles. The van der Waals surface area contributed by atoms with Crippen LogP contribution in [0, 0.1) is 0 Å². The number of benzene rings is 2. The monoisotopic (exact) mass is 237 g/mol. The molecular weight excluding hydrogens is 222 g/mol. The topological polar surface area (TPSA) is 46.2 Å². The lowest BCUT2D eigenvalue weighted by Gasteiger charge is -2.11. The molecule has 1 atom stereocenters. The van der Waals surface area contributed by atoms with Crippen LogP contribution in [0.15, 0.2) is 42.5 Å². The summed E-state index contributed by atoms with van der Waals surface area (Å²) < 4.78 is 0. The fourth-order valence-electron chi connectivity index (χ4n) is 1.74. The Hall–Kier alpha value is -1.09. The third-order valence-corrected chi connectivity index (χ3v) is 2.64. The molecular formula is C13H16ClNO. The van der Waals surface area contributed by atoms with Gasteiger partial charge in [-0.05, 0) is 28.8 Å². The van der Waals surface area contributed by atoms with E-state index in [4.69, 9.17) is 10.8 Å². The highest BCUT2D eigenvalue weighted by Gasteiger charge is 2.05. The number of halogens is 1. The van der Waals surface area contributed by atoms with Gasteiger partial charge in [0.1, 0.15) is 0 Å². The van der Waals surface area contributed by atoms with Crippen molar-refractivity contribution in [3.8, 4) is 0 Å². The van der Waals surface area contributed by atoms with Gasteiger partial charge < -0.3 is 10.8 Å². The zero-order valence-electron chi connectivity index (χ0n) is 8.97. The highest BCUT2D eigenvalue weighted by atomic mass is 35.5. The van der Waals surface area contributed by atoms with Gasteiger partial charge >= 0.3 is 0 Å². The van der Waals surface area contributed by atoms with Gasteiger partial charge in [-0.3, -0.25) is 0 Å². The van der Waals surface area contributed by atoms with Crippen molar-refractivity contribution in [1.82, 2.24) is 0 Å². The van der Waals surface area contributed by atoms with Crippen LogP contribution < -0.4 is 5.73 Å². The molecule has 2 aromatic rings. The molecule has 2 nitrogen and oxygen atoms in total. The van der Waals surface area contributed by atoms with Gasteiger partial charge in [-0.2, -0.15) is 0 Å². The van der Waals surface area contributed by atoms with Crippen LogP contribution in [-0.4, -0.2) is 11.7 Å². The van der Waals surface area contributed by atoms with E-state index in [2.05, 4.69) is 24.3 Å². The maximum Gasteiger partial charge on any atom is 0.0449 e. The number of nitrogens with two attached hydrogens (primary N) is 1. The normalized spacial score (nSPS) is 12.1. The van der Waals surface area contributed by atoms with Crippen molar-refractivity contribution in [3.05, 3.63) is 48.0 Å². The number of hydrogen-bond donors (Lipinski definition) is 2. The lowest BCUT2D eigenvalue weighted by molar-refractivity contribution is 0.276. The molecule has 0 aromatic heterocycles. The van der Waals surface area contributed by atoms with Crippen LogP contribution in [-0.2, 0) is 0 Å². The minimum Gasteiger partial charge on any atom is -0.396 e. The molecule has 2 rings (SSSR count). The van der Waals surface area contributed by atoms with E-state index < -0.39 is 0 Å². The lowest BCUT2D eigenvalue weighted by atomic mass is 10.0. The molecule has 86 valence electrons. The minimum atomic E-state index is -0.0698. The summed E-state index contributed by atoms with van der Waals surface area (Å²) in [5.41, 5.74) is 7.02. The molecule has 0 bridgehead atoms. The molecule has 0 radical (unpaired) electrons. The molecule has 16 heavy (non-hydrogen) atoms. The molecule has 0 saturated heterocycles. The van der Waals surface area contributed by atoms with Crippen LogP contribution in [0.25, 0.3) is 10.8 Å². The van der Waals surface area contributed by atoms with Gasteiger partial charge in [0.15, 0.2) is 0 Å². The molecule has 0 aliphatic carbocycles. The molecule has 3 N–H and O–H groups in total. The first kappa shape index (κ1) is 13.0. The summed E-state index contributed by atoms with van der Waals surface area (Å²) >= 11 is 0. The van der Waals surface area contributed by atoms with Gasteiger partial charge in [-0.25, -0.2) is 0 Å². The third kappa shape index (κ3) is 2.73. The Bertz CT molecular complexity index is 458. The van der Waals surface area contributed by atoms with Crippen LogP contribution >= 0.6 is 12.4 Å². The Labute approximate surface area is 101 Å². The third-order valence-electron chi connectivity index (χ3n) is 2.64. The molecule has 0 spiro atoms. The zero-order chi connectivity index (χ0) is 10.7. The minimum absolute atomic E-state index is 0. The second kappa shape index (κ2) is 5.85. The molecule has 1 unspecified atom stereocenters. The number of fused-ring (bicyclic) bond motifs is 1. The standard InChI is InChI=1S/C13H15NO.ClH/c14-13(7-8-15)12-6-5-10-3-1-2-4-11(10)9-12;/h1-6,9,13,15H,7-8,14H2;1H. The van der Waals surface area contributed by atoms with Crippen molar-refractivity contribution in [2.24, 2.45) is 5.73 Å². The molecule has 0 saturated carbocycles. The van der Waals surface area contributed by atoms with Crippen LogP contribution in [0.2, 0.25) is 0 Å². The SMILES string of the molecule is Cl.NC(CCO)c1ccc2ccccc2c1. The maximum absolute atomic E-state index is 8.83. The summed E-state index contributed by atoms with van der Waals surface area (Å²) in [6.07, 6.45) is 0.609. The first-order valence-corrected chi connectivity index (χ1v) is 5.16. The van der Waals surface area contributed by atoms with Gasteiger partial charge in [-0.1, -0.05) is 36.4 Å². The average Bonchev–Trinajstić information content (AvgIpc) is 2.29. The smallest absolute Gasteiger partial charge is 0.0449 e. The fraction of sp³-hybridized carbons (Fsp3) is 0.231.